The Morgan fingerprint density at radius 3 is 0.719 bits per heavy atom. The summed E-state index contributed by atoms with van der Waals surface area (Å²) < 4.78 is 0. The van der Waals surface area contributed by atoms with Gasteiger partial charge in [0.1, 0.15) is 0 Å². The molecule has 0 unspecified atom stereocenters. The van der Waals surface area contributed by atoms with Crippen molar-refractivity contribution >= 4 is 43.1 Å². The van der Waals surface area contributed by atoms with Crippen LogP contribution in [0.1, 0.15) is 197 Å². The summed E-state index contributed by atoms with van der Waals surface area (Å²) in [7, 11) is 0. The molecule has 0 nitrogen and oxygen atoms in total. The molecule has 0 spiro atoms. The van der Waals surface area contributed by atoms with Gasteiger partial charge in [0.05, 0.1) is 0 Å². The second kappa shape index (κ2) is 56.9. The van der Waals surface area contributed by atoms with Gasteiger partial charge in [0, 0.05) is 0 Å². The van der Waals surface area contributed by atoms with Gasteiger partial charge in [-0.2, -0.15) is 0 Å². The van der Waals surface area contributed by atoms with Gasteiger partial charge in [0.2, 0.25) is 0 Å². The Kier molecular flexibility index (Phi) is 59.2. The summed E-state index contributed by atoms with van der Waals surface area (Å²) in [6.45, 7) is 57.8. The van der Waals surface area contributed by atoms with Crippen LogP contribution in [0.2, 0.25) is 0 Å². The molecule has 0 amide bonds. The van der Waals surface area contributed by atoms with Crippen LogP contribution in [0.5, 0.6) is 0 Å². The third-order valence-electron chi connectivity index (χ3n) is 12.9. The van der Waals surface area contributed by atoms with Crippen LogP contribution in [-0.4, -0.2) is 0 Å². The third-order valence-corrected chi connectivity index (χ3v) is 12.9. The fraction of sp³-hybridized carbons (Fsp3) is 0.348. The van der Waals surface area contributed by atoms with E-state index in [1.54, 1.807) is 0 Å². The summed E-state index contributed by atoms with van der Waals surface area (Å²) in [6, 6.07) is 77.1. The zero-order valence-electron chi connectivity index (χ0n) is 59.8. The van der Waals surface area contributed by atoms with Crippen LogP contribution in [0.15, 0.2) is 218 Å². The molecule has 0 N–H and O–H groups in total. The molecule has 0 atom stereocenters. The predicted molar refractivity (Wildman–Crippen MR) is 421 cm³/mol. The molecule has 0 radical (unpaired) electrons. The predicted octanol–water partition coefficient (Wildman–Crippen LogP) is 29.8. The van der Waals surface area contributed by atoms with Crippen molar-refractivity contribution in [3.8, 4) is 0 Å². The van der Waals surface area contributed by atoms with E-state index in [0.29, 0.717) is 0 Å². The van der Waals surface area contributed by atoms with Crippen LogP contribution < -0.4 is 0 Å². The van der Waals surface area contributed by atoms with E-state index in [1.807, 2.05) is 96.9 Å². The topological polar surface area (TPSA) is 0 Å². The van der Waals surface area contributed by atoms with Crippen molar-refractivity contribution in [3.63, 3.8) is 0 Å². The molecule has 0 aromatic heterocycles. The standard InChI is InChI=1S/4C12H12.3C8H10.7C2H6.3CH4/c1-9-3-5-12-8-10(2)4-6-11(12)7-9;1-9-5-3-8-12-10(2)6-4-7-11(9)12;1-9-7-10(2)12-6-4-3-5-11(12)8-9;1-9-7-8-10(2)12-6-4-3-5-11(9)12;1-7-3-5-8(2)6-4-7;1-7-4-3-5-8(2)6-7;1-7-5-3-4-6-8(7)2;7*1-2;;;/h4*3-8H,1-2H3;3*3-6H,1-2H3;7*1-2H3;3*1H4. The maximum Gasteiger partial charge on any atom is -0.0152 e. The number of aryl methyl sites for hydroxylation is 14. The number of benzene rings is 11. The fourth-order valence-electron chi connectivity index (χ4n) is 8.50. The Morgan fingerprint density at radius 1 is 0.146 bits per heavy atom. The highest BCUT2D eigenvalue weighted by Gasteiger charge is 2.00. The van der Waals surface area contributed by atoms with Crippen molar-refractivity contribution in [2.75, 3.05) is 0 Å². The molecule has 0 saturated carbocycles. The van der Waals surface area contributed by atoms with Gasteiger partial charge in [-0.05, 0) is 179 Å². The second-order valence-electron chi connectivity index (χ2n) is 19.5. The SMILES string of the molecule is C.C.C.CC.CC.CC.CC.CC.CC.CC.Cc1cc(C)c2ccccc2c1.Cc1ccc(C)c2ccccc12.Cc1ccc(C)cc1.Cc1ccc2cc(C)ccc2c1.Cc1cccc(C)c1.Cc1cccc2c(C)cccc12.Cc1ccccc1C. The molecule has 488 valence electrons. The average molecular weight is 1200 g/mol. The third kappa shape index (κ3) is 36.5. The van der Waals surface area contributed by atoms with Gasteiger partial charge in [-0.3, -0.25) is 0 Å². The van der Waals surface area contributed by atoms with Crippen LogP contribution in [0.4, 0.5) is 0 Å². The maximum atomic E-state index is 2.22. The van der Waals surface area contributed by atoms with Crippen molar-refractivity contribution in [1.82, 2.24) is 0 Å². The summed E-state index contributed by atoms with van der Waals surface area (Å²) in [5, 5.41) is 10.9. The molecule has 11 rings (SSSR count). The normalized spacial score (nSPS) is 8.63. The number of hydrogen-bond donors (Lipinski definition) is 0. The summed E-state index contributed by atoms with van der Waals surface area (Å²) >= 11 is 0. The van der Waals surface area contributed by atoms with Gasteiger partial charge < -0.3 is 0 Å². The van der Waals surface area contributed by atoms with Gasteiger partial charge in [0.15, 0.2) is 0 Å². The fourth-order valence-corrected chi connectivity index (χ4v) is 8.50. The van der Waals surface area contributed by atoms with Gasteiger partial charge >= 0.3 is 0 Å². The minimum Gasteiger partial charge on any atom is -0.0776 e. The molecule has 0 aliphatic rings. The van der Waals surface area contributed by atoms with Gasteiger partial charge in [-0.25, -0.2) is 0 Å². The quantitative estimate of drug-likeness (QED) is 0.142. The largest absolute Gasteiger partial charge is 0.0776 e. The Morgan fingerprint density at radius 2 is 0.393 bits per heavy atom. The highest BCUT2D eigenvalue weighted by Crippen LogP contribution is 2.23. The van der Waals surface area contributed by atoms with Crippen LogP contribution in [0.25, 0.3) is 43.1 Å². The monoisotopic (exact) mass is 1200 g/mol. The molecule has 11 aromatic carbocycles. The van der Waals surface area contributed by atoms with E-state index in [4.69, 9.17) is 0 Å². The highest BCUT2D eigenvalue weighted by atomic mass is 14.0. The summed E-state index contributed by atoms with van der Waals surface area (Å²) in [6.07, 6.45) is 0. The molecular formula is C89H132. The molecule has 0 heteroatoms. The zero-order chi connectivity index (χ0) is 66.2. The lowest BCUT2D eigenvalue weighted by molar-refractivity contribution is 1.34. The van der Waals surface area contributed by atoms with E-state index in [0.717, 1.165) is 0 Å². The molecule has 0 bridgehead atoms. The molecular weight excluding hydrogens is 1070 g/mol. The van der Waals surface area contributed by atoms with E-state index >= 15 is 0 Å². The van der Waals surface area contributed by atoms with Crippen molar-refractivity contribution in [2.24, 2.45) is 0 Å². The lowest BCUT2D eigenvalue weighted by Crippen LogP contribution is -1.80. The minimum atomic E-state index is 0. The Labute approximate surface area is 552 Å². The first-order valence-corrected chi connectivity index (χ1v) is 32.4. The van der Waals surface area contributed by atoms with E-state index in [1.165, 1.54) is 121 Å². The van der Waals surface area contributed by atoms with Gasteiger partial charge in [-0.15, -0.1) is 0 Å². The van der Waals surface area contributed by atoms with E-state index in [9.17, 15) is 0 Å². The maximum absolute atomic E-state index is 2.22. The lowest BCUT2D eigenvalue weighted by atomic mass is 10.0. The van der Waals surface area contributed by atoms with Crippen molar-refractivity contribution in [3.05, 3.63) is 296 Å². The Bertz CT molecular complexity index is 3220. The van der Waals surface area contributed by atoms with Crippen LogP contribution in [0.3, 0.4) is 0 Å². The second-order valence-corrected chi connectivity index (χ2v) is 19.5. The van der Waals surface area contributed by atoms with Crippen LogP contribution in [0, 0.1) is 96.9 Å². The highest BCUT2D eigenvalue weighted by molar-refractivity contribution is 5.89. The van der Waals surface area contributed by atoms with Crippen LogP contribution >= 0.6 is 0 Å². The molecule has 0 aliphatic carbocycles. The smallest absolute Gasteiger partial charge is 0.0152 e. The number of hydrogen-bond acceptors (Lipinski definition) is 0. The first-order valence-electron chi connectivity index (χ1n) is 32.4. The van der Waals surface area contributed by atoms with E-state index in [2.05, 4.69) is 315 Å². The number of rotatable bonds is 0. The van der Waals surface area contributed by atoms with E-state index in [-0.39, 0.29) is 22.3 Å². The molecule has 11 aromatic rings. The minimum absolute atomic E-state index is 0. The summed E-state index contributed by atoms with van der Waals surface area (Å²) in [5.41, 5.74) is 18.9. The van der Waals surface area contributed by atoms with Gasteiger partial charge in [0.25, 0.3) is 0 Å². The molecule has 0 aliphatic heterocycles. The molecule has 89 heavy (non-hydrogen) atoms. The Hall–Kier alpha value is -7.54. The van der Waals surface area contributed by atoms with Crippen molar-refractivity contribution in [2.45, 2.75) is 216 Å². The lowest BCUT2D eigenvalue weighted by Gasteiger charge is -2.03. The zero-order valence-corrected chi connectivity index (χ0v) is 59.8. The van der Waals surface area contributed by atoms with Crippen molar-refractivity contribution < 1.29 is 0 Å². The van der Waals surface area contributed by atoms with Crippen LogP contribution in [-0.2, 0) is 0 Å². The van der Waals surface area contributed by atoms with Gasteiger partial charge in [-0.1, -0.05) is 377 Å². The molecule has 0 saturated heterocycles. The molecule has 0 fully saturated rings. The first kappa shape index (κ1) is 92.6. The number of fused-ring (bicyclic) bond motifs is 4. The Balaban J connectivity index is -0.000000218. The van der Waals surface area contributed by atoms with E-state index < -0.39 is 0 Å². The summed E-state index contributed by atoms with van der Waals surface area (Å²) in [5.74, 6) is 0. The first-order chi connectivity index (χ1) is 41.5. The summed E-state index contributed by atoms with van der Waals surface area (Å²) in [4.78, 5) is 0. The average Bonchev–Trinajstić information content (AvgIpc) is 3.74. The molecule has 0 heterocycles. The van der Waals surface area contributed by atoms with Crippen molar-refractivity contribution in [1.29, 1.82) is 0 Å².